The summed E-state index contributed by atoms with van der Waals surface area (Å²) in [6, 6.07) is 11.4. The van der Waals surface area contributed by atoms with Crippen LogP contribution in [0.3, 0.4) is 0 Å². The van der Waals surface area contributed by atoms with Crippen molar-refractivity contribution in [1.82, 2.24) is 0 Å². The van der Waals surface area contributed by atoms with E-state index in [1.807, 2.05) is 24.3 Å². The number of benzene rings is 2. The van der Waals surface area contributed by atoms with Gasteiger partial charge in [0.15, 0.2) is 0 Å². The van der Waals surface area contributed by atoms with Crippen LogP contribution in [0.4, 0.5) is 5.69 Å². The van der Waals surface area contributed by atoms with Crippen molar-refractivity contribution in [3.05, 3.63) is 53.6 Å². The molecule has 5 nitrogen and oxygen atoms in total. The van der Waals surface area contributed by atoms with Crippen LogP contribution in [-0.2, 0) is 6.42 Å². The molecular formula is C16H16N2O3. The topological polar surface area (TPSA) is 86.8 Å². The highest BCUT2D eigenvalue weighted by atomic mass is 16.3. The monoisotopic (exact) mass is 284 g/mol. The quantitative estimate of drug-likeness (QED) is 0.743. The molecule has 1 amide bonds. The van der Waals surface area contributed by atoms with Crippen LogP contribution in [0.15, 0.2) is 42.5 Å². The zero-order chi connectivity index (χ0) is 15.0. The van der Waals surface area contributed by atoms with Crippen molar-refractivity contribution in [2.24, 2.45) is 5.73 Å². The van der Waals surface area contributed by atoms with Crippen LogP contribution < -0.4 is 10.6 Å². The van der Waals surface area contributed by atoms with Crippen molar-refractivity contribution >= 4 is 11.6 Å². The standard InChI is InChI=1S/C16H16N2O3/c17-11-7-10-3-1-2-4-14(10)18(9-11)16(21)13-6-5-12(19)8-15(13)20/h1-6,8,11,19-20H,7,9,17H2. The maximum absolute atomic E-state index is 12.7. The Morgan fingerprint density at radius 3 is 2.71 bits per heavy atom. The van der Waals surface area contributed by atoms with E-state index in [9.17, 15) is 15.0 Å². The highest BCUT2D eigenvalue weighted by Crippen LogP contribution is 2.30. The molecule has 1 aliphatic heterocycles. The maximum Gasteiger partial charge on any atom is 0.262 e. The minimum atomic E-state index is -0.324. The predicted octanol–water partition coefficient (Wildman–Crippen LogP) is 1.63. The Bertz CT molecular complexity index is 700. The lowest BCUT2D eigenvalue weighted by atomic mass is 9.97. The molecule has 1 atom stereocenters. The van der Waals surface area contributed by atoms with Gasteiger partial charge in [0.25, 0.3) is 5.91 Å². The molecule has 0 fully saturated rings. The molecule has 0 bridgehead atoms. The van der Waals surface area contributed by atoms with Gasteiger partial charge in [-0.3, -0.25) is 4.79 Å². The fourth-order valence-corrected chi connectivity index (χ4v) is 2.67. The molecule has 2 aromatic rings. The predicted molar refractivity (Wildman–Crippen MR) is 79.6 cm³/mol. The van der Waals surface area contributed by atoms with E-state index < -0.39 is 0 Å². The van der Waals surface area contributed by atoms with Crippen molar-refractivity contribution in [1.29, 1.82) is 0 Å². The molecule has 4 N–H and O–H groups in total. The second kappa shape index (κ2) is 5.10. The summed E-state index contributed by atoms with van der Waals surface area (Å²) < 4.78 is 0. The number of rotatable bonds is 1. The molecule has 5 heteroatoms. The normalized spacial score (nSPS) is 17.4. The van der Waals surface area contributed by atoms with Crippen LogP contribution in [0.2, 0.25) is 0 Å². The molecule has 2 aromatic carbocycles. The zero-order valence-electron chi connectivity index (χ0n) is 11.4. The first-order valence-electron chi connectivity index (χ1n) is 6.73. The van der Waals surface area contributed by atoms with E-state index in [0.29, 0.717) is 6.54 Å². The average Bonchev–Trinajstić information content (AvgIpc) is 2.45. The number of fused-ring (bicyclic) bond motifs is 1. The highest BCUT2D eigenvalue weighted by molar-refractivity contribution is 6.08. The molecule has 1 aliphatic rings. The zero-order valence-corrected chi connectivity index (χ0v) is 11.4. The van der Waals surface area contributed by atoms with Gasteiger partial charge >= 0.3 is 0 Å². The molecule has 1 unspecified atom stereocenters. The number of amides is 1. The van der Waals surface area contributed by atoms with Gasteiger partial charge in [0.05, 0.1) is 5.56 Å². The number of nitrogens with two attached hydrogens (primary N) is 1. The van der Waals surface area contributed by atoms with E-state index >= 15 is 0 Å². The van der Waals surface area contributed by atoms with Crippen molar-refractivity contribution < 1.29 is 15.0 Å². The molecule has 0 aliphatic carbocycles. The van der Waals surface area contributed by atoms with Gasteiger partial charge < -0.3 is 20.8 Å². The van der Waals surface area contributed by atoms with Crippen LogP contribution >= 0.6 is 0 Å². The number of carbonyl (C=O) groups is 1. The Kier molecular flexibility index (Phi) is 3.27. The second-order valence-electron chi connectivity index (χ2n) is 5.21. The summed E-state index contributed by atoms with van der Waals surface area (Å²) in [6.07, 6.45) is 0.724. The number of hydrogen-bond donors (Lipinski definition) is 3. The van der Waals surface area contributed by atoms with Crippen LogP contribution in [-0.4, -0.2) is 28.7 Å². The van der Waals surface area contributed by atoms with Crippen LogP contribution in [0.25, 0.3) is 0 Å². The van der Waals surface area contributed by atoms with Gasteiger partial charge in [-0.05, 0) is 30.2 Å². The Labute approximate surface area is 122 Å². The minimum absolute atomic E-state index is 0.0835. The largest absolute Gasteiger partial charge is 0.508 e. The van der Waals surface area contributed by atoms with E-state index in [2.05, 4.69) is 0 Å². The molecule has 0 spiro atoms. The molecule has 108 valence electrons. The Balaban J connectivity index is 2.02. The highest BCUT2D eigenvalue weighted by Gasteiger charge is 2.28. The second-order valence-corrected chi connectivity index (χ2v) is 5.21. The third-order valence-corrected chi connectivity index (χ3v) is 3.64. The molecule has 0 saturated carbocycles. The SMILES string of the molecule is NC1Cc2ccccc2N(C(=O)c2ccc(O)cc2O)C1. The molecule has 3 rings (SSSR count). The summed E-state index contributed by atoms with van der Waals surface area (Å²) in [4.78, 5) is 14.2. The summed E-state index contributed by atoms with van der Waals surface area (Å²) in [7, 11) is 0. The molecule has 0 aromatic heterocycles. The van der Waals surface area contributed by atoms with E-state index in [0.717, 1.165) is 23.7 Å². The molecule has 0 radical (unpaired) electrons. The average molecular weight is 284 g/mol. The van der Waals surface area contributed by atoms with E-state index in [1.165, 1.54) is 12.1 Å². The molecular weight excluding hydrogens is 268 g/mol. The van der Waals surface area contributed by atoms with Gasteiger partial charge in [0.2, 0.25) is 0 Å². The maximum atomic E-state index is 12.7. The van der Waals surface area contributed by atoms with Crippen molar-refractivity contribution in [3.8, 4) is 11.5 Å². The van der Waals surface area contributed by atoms with Crippen LogP contribution in [0.1, 0.15) is 15.9 Å². The van der Waals surface area contributed by atoms with Crippen molar-refractivity contribution in [2.75, 3.05) is 11.4 Å². The fraction of sp³-hybridized carbons (Fsp3) is 0.188. The Hall–Kier alpha value is -2.53. The smallest absolute Gasteiger partial charge is 0.262 e. The van der Waals surface area contributed by atoms with Gasteiger partial charge in [0, 0.05) is 24.3 Å². The summed E-state index contributed by atoms with van der Waals surface area (Å²) in [5, 5.41) is 19.2. The van der Waals surface area contributed by atoms with Crippen LogP contribution in [0, 0.1) is 0 Å². The lowest BCUT2D eigenvalue weighted by Gasteiger charge is -2.33. The summed E-state index contributed by atoms with van der Waals surface area (Å²) >= 11 is 0. The first-order valence-corrected chi connectivity index (χ1v) is 6.73. The van der Waals surface area contributed by atoms with Crippen molar-refractivity contribution in [3.63, 3.8) is 0 Å². The van der Waals surface area contributed by atoms with E-state index in [4.69, 9.17) is 5.73 Å². The fourth-order valence-electron chi connectivity index (χ4n) is 2.67. The lowest BCUT2D eigenvalue weighted by molar-refractivity contribution is 0.0981. The summed E-state index contributed by atoms with van der Waals surface area (Å²) in [6.45, 7) is 0.399. The van der Waals surface area contributed by atoms with E-state index in [-0.39, 0.29) is 29.0 Å². The van der Waals surface area contributed by atoms with Gasteiger partial charge in [-0.15, -0.1) is 0 Å². The number of nitrogens with zero attached hydrogens (tertiary/aromatic N) is 1. The number of carbonyl (C=O) groups excluding carboxylic acids is 1. The molecule has 0 saturated heterocycles. The number of phenolic OH excluding ortho intramolecular Hbond substituents is 2. The number of phenols is 2. The summed E-state index contributed by atoms with van der Waals surface area (Å²) in [5.41, 5.74) is 8.00. The van der Waals surface area contributed by atoms with E-state index in [1.54, 1.807) is 4.90 Å². The van der Waals surface area contributed by atoms with Crippen molar-refractivity contribution in [2.45, 2.75) is 12.5 Å². The third kappa shape index (κ3) is 2.43. The molecule has 21 heavy (non-hydrogen) atoms. The first kappa shape index (κ1) is 13.5. The Morgan fingerprint density at radius 2 is 1.95 bits per heavy atom. The Morgan fingerprint density at radius 1 is 1.19 bits per heavy atom. The number of hydrogen-bond acceptors (Lipinski definition) is 4. The number of anilines is 1. The van der Waals surface area contributed by atoms with Crippen LogP contribution in [0.5, 0.6) is 11.5 Å². The number of para-hydroxylation sites is 1. The molecule has 1 heterocycles. The minimum Gasteiger partial charge on any atom is -0.508 e. The van der Waals surface area contributed by atoms with Gasteiger partial charge in [-0.1, -0.05) is 18.2 Å². The first-order chi connectivity index (χ1) is 10.1. The van der Waals surface area contributed by atoms with Gasteiger partial charge in [0.1, 0.15) is 11.5 Å². The van der Waals surface area contributed by atoms with Gasteiger partial charge in [-0.2, -0.15) is 0 Å². The number of aromatic hydroxyl groups is 2. The third-order valence-electron chi connectivity index (χ3n) is 3.64. The lowest BCUT2D eigenvalue weighted by Crippen LogP contribution is -2.46. The summed E-state index contributed by atoms with van der Waals surface area (Å²) in [5.74, 6) is -0.647. The van der Waals surface area contributed by atoms with Gasteiger partial charge in [-0.25, -0.2) is 0 Å².